The van der Waals surface area contributed by atoms with Gasteiger partial charge >= 0.3 is 0 Å². The van der Waals surface area contributed by atoms with Gasteiger partial charge in [0.2, 0.25) is 0 Å². The minimum absolute atomic E-state index is 0.324. The molecule has 26 heavy (non-hydrogen) atoms. The van der Waals surface area contributed by atoms with Crippen LogP contribution in [-0.4, -0.2) is 15.1 Å². The Bertz CT molecular complexity index is 923. The zero-order valence-corrected chi connectivity index (χ0v) is 14.4. The lowest BCUT2D eigenvalue weighted by atomic mass is 10.1. The predicted octanol–water partition coefficient (Wildman–Crippen LogP) is 5.92. The minimum atomic E-state index is 0.324. The molecule has 1 heterocycles. The van der Waals surface area contributed by atoms with Crippen LogP contribution in [0.3, 0.4) is 0 Å². The maximum Gasteiger partial charge on any atom is 0.141 e. The molecule has 4 rings (SSSR count). The number of allylic oxidation sites excluding steroid dienone is 5. The zero-order valence-electron chi connectivity index (χ0n) is 14.4. The van der Waals surface area contributed by atoms with Crippen molar-refractivity contribution >= 4 is 5.57 Å². The predicted molar refractivity (Wildman–Crippen MR) is 107 cm³/mol. The van der Waals surface area contributed by atoms with Crippen LogP contribution in [0.15, 0.2) is 90.7 Å². The summed E-state index contributed by atoms with van der Waals surface area (Å²) in [6, 6.07) is 20.3. The van der Waals surface area contributed by atoms with Crippen molar-refractivity contribution in [2.24, 2.45) is 0 Å². The molecule has 1 aliphatic rings. The third kappa shape index (κ3) is 3.24. The Kier molecular flexibility index (Phi) is 4.52. The molecule has 3 nitrogen and oxygen atoms in total. The van der Waals surface area contributed by atoms with Gasteiger partial charge in [0, 0.05) is 17.5 Å². The molecule has 0 saturated carbocycles. The highest BCUT2D eigenvalue weighted by Gasteiger charge is 2.17. The molecule has 3 aromatic rings. The quantitative estimate of drug-likeness (QED) is 0.581. The van der Waals surface area contributed by atoms with Gasteiger partial charge in [0.25, 0.3) is 0 Å². The third-order valence-electron chi connectivity index (χ3n) is 4.41. The van der Waals surface area contributed by atoms with E-state index in [1.54, 1.807) is 0 Å². The van der Waals surface area contributed by atoms with Crippen LogP contribution < -0.4 is 0 Å². The second-order valence-corrected chi connectivity index (χ2v) is 6.22. The highest BCUT2D eigenvalue weighted by molar-refractivity contribution is 5.82. The molecule has 0 aliphatic heterocycles. The number of hydrogen-bond acceptors (Lipinski definition) is 2. The van der Waals surface area contributed by atoms with Crippen LogP contribution in [0.1, 0.15) is 18.7 Å². The van der Waals surface area contributed by atoms with Gasteiger partial charge in [-0.2, -0.15) is 0 Å². The van der Waals surface area contributed by atoms with Crippen LogP contribution in [0.4, 0.5) is 0 Å². The van der Waals surface area contributed by atoms with Gasteiger partial charge in [-0.15, -0.1) is 0 Å². The first-order valence-corrected chi connectivity index (χ1v) is 8.78. The Morgan fingerprint density at radius 1 is 0.808 bits per heavy atom. The molecule has 0 fully saturated rings. The summed E-state index contributed by atoms with van der Waals surface area (Å²) < 4.78 is 0. The molecule has 0 atom stereocenters. The topological polar surface area (TPSA) is 48.9 Å². The van der Waals surface area contributed by atoms with Crippen LogP contribution in [0, 0.1) is 0 Å². The second kappa shape index (κ2) is 7.28. The highest BCUT2D eigenvalue weighted by Crippen LogP contribution is 2.33. The van der Waals surface area contributed by atoms with Crippen molar-refractivity contribution in [1.82, 2.24) is 9.97 Å². The molecule has 1 aromatic heterocycles. The molecule has 2 N–H and O–H groups in total. The maximum atomic E-state index is 10.5. The number of benzene rings is 2. The number of aliphatic hydroxyl groups excluding tert-OH is 1. The van der Waals surface area contributed by atoms with E-state index in [0.29, 0.717) is 18.0 Å². The first kappa shape index (κ1) is 16.2. The fraction of sp³-hybridized carbons (Fsp3) is 0.0870. The normalized spacial score (nSPS) is 19.5. The molecule has 1 aliphatic carbocycles. The van der Waals surface area contributed by atoms with Crippen LogP contribution in [0.2, 0.25) is 0 Å². The molecular weight excluding hydrogens is 320 g/mol. The average Bonchev–Trinajstić information content (AvgIpc) is 3.11. The van der Waals surface area contributed by atoms with Crippen LogP contribution in [0.5, 0.6) is 0 Å². The lowest BCUT2D eigenvalue weighted by Crippen LogP contribution is -1.93. The van der Waals surface area contributed by atoms with Gasteiger partial charge in [0.1, 0.15) is 11.6 Å². The average molecular weight is 340 g/mol. The van der Waals surface area contributed by atoms with E-state index in [2.05, 4.69) is 35.3 Å². The molecular formula is C23H20N2O. The number of nitrogens with one attached hydrogen (secondary N) is 1. The molecule has 128 valence electrons. The van der Waals surface area contributed by atoms with Gasteiger partial charge < -0.3 is 10.1 Å². The number of aromatic amines is 1. The van der Waals surface area contributed by atoms with Crippen molar-refractivity contribution in [2.75, 3.05) is 0 Å². The number of aromatic nitrogens is 2. The van der Waals surface area contributed by atoms with Gasteiger partial charge in [0.05, 0.1) is 17.0 Å². The number of rotatable bonds is 3. The van der Waals surface area contributed by atoms with Gasteiger partial charge in [-0.05, 0) is 6.42 Å². The number of aliphatic hydroxyl groups is 1. The Balaban J connectivity index is 1.89. The number of H-pyrrole nitrogens is 1. The molecule has 0 spiro atoms. The van der Waals surface area contributed by atoms with E-state index in [0.717, 1.165) is 34.5 Å². The van der Waals surface area contributed by atoms with Crippen molar-refractivity contribution in [3.05, 3.63) is 96.6 Å². The largest absolute Gasteiger partial charge is 0.511 e. The van der Waals surface area contributed by atoms with Crippen molar-refractivity contribution < 1.29 is 5.11 Å². The SMILES string of the molecule is O/C1=C(c2nc(-c3ccccc3)c(-c3ccccc3)[nH]2)/C=C/C/C=C\C1. The van der Waals surface area contributed by atoms with Crippen molar-refractivity contribution in [2.45, 2.75) is 12.8 Å². The van der Waals surface area contributed by atoms with Crippen LogP contribution >= 0.6 is 0 Å². The summed E-state index contributed by atoms with van der Waals surface area (Å²) in [7, 11) is 0. The molecule has 0 unspecified atom stereocenters. The van der Waals surface area contributed by atoms with E-state index in [1.807, 2.05) is 54.6 Å². The van der Waals surface area contributed by atoms with E-state index in [9.17, 15) is 5.11 Å². The van der Waals surface area contributed by atoms with Gasteiger partial charge in [-0.25, -0.2) is 4.98 Å². The minimum Gasteiger partial charge on any atom is -0.511 e. The van der Waals surface area contributed by atoms with Crippen LogP contribution in [0.25, 0.3) is 28.1 Å². The first-order chi connectivity index (χ1) is 12.8. The fourth-order valence-corrected chi connectivity index (χ4v) is 3.10. The highest BCUT2D eigenvalue weighted by atomic mass is 16.3. The lowest BCUT2D eigenvalue weighted by molar-refractivity contribution is 0.404. The number of imidazole rings is 1. The Labute approximate surface area is 153 Å². The van der Waals surface area contributed by atoms with Gasteiger partial charge in [-0.1, -0.05) is 85.0 Å². The van der Waals surface area contributed by atoms with Crippen molar-refractivity contribution in [3.63, 3.8) is 0 Å². The zero-order chi connectivity index (χ0) is 17.8. The summed E-state index contributed by atoms with van der Waals surface area (Å²) in [4.78, 5) is 8.29. The van der Waals surface area contributed by atoms with Crippen molar-refractivity contribution in [1.29, 1.82) is 0 Å². The fourth-order valence-electron chi connectivity index (χ4n) is 3.10. The second-order valence-electron chi connectivity index (χ2n) is 6.22. The van der Waals surface area contributed by atoms with E-state index in [4.69, 9.17) is 4.98 Å². The summed E-state index contributed by atoms with van der Waals surface area (Å²) in [6.45, 7) is 0. The summed E-state index contributed by atoms with van der Waals surface area (Å²) in [5.41, 5.74) is 4.70. The summed E-state index contributed by atoms with van der Waals surface area (Å²) in [5, 5.41) is 10.5. The monoisotopic (exact) mass is 340 g/mol. The maximum absolute atomic E-state index is 10.5. The molecule has 0 bridgehead atoms. The Morgan fingerprint density at radius 3 is 2.23 bits per heavy atom. The van der Waals surface area contributed by atoms with Crippen molar-refractivity contribution in [3.8, 4) is 22.5 Å². The first-order valence-electron chi connectivity index (χ1n) is 8.78. The standard InChI is InChI=1S/C23H20N2O/c26-20-16-10-2-1-9-15-19(20)23-24-21(17-11-5-3-6-12-17)22(25-23)18-13-7-4-8-14-18/h2-15,26H,1,16H2,(H,24,25)/b10-2-,15-9+,20-19-. The third-order valence-corrected chi connectivity index (χ3v) is 4.41. The van der Waals surface area contributed by atoms with E-state index >= 15 is 0 Å². The van der Waals surface area contributed by atoms with E-state index in [1.165, 1.54) is 0 Å². The number of hydrogen-bond donors (Lipinski definition) is 2. The molecule has 0 saturated heterocycles. The smallest absolute Gasteiger partial charge is 0.141 e. The molecule has 2 aromatic carbocycles. The molecule has 3 heteroatoms. The Morgan fingerprint density at radius 2 is 1.50 bits per heavy atom. The van der Waals surface area contributed by atoms with E-state index < -0.39 is 0 Å². The summed E-state index contributed by atoms with van der Waals surface area (Å²) in [6.07, 6.45) is 9.39. The molecule has 0 amide bonds. The molecule has 0 radical (unpaired) electrons. The summed E-state index contributed by atoms with van der Waals surface area (Å²) in [5.74, 6) is 1.01. The number of nitrogens with zero attached hydrogens (tertiary/aromatic N) is 1. The van der Waals surface area contributed by atoms with Gasteiger partial charge in [0.15, 0.2) is 0 Å². The van der Waals surface area contributed by atoms with E-state index in [-0.39, 0.29) is 0 Å². The van der Waals surface area contributed by atoms with Crippen LogP contribution in [-0.2, 0) is 0 Å². The van der Waals surface area contributed by atoms with Gasteiger partial charge in [-0.3, -0.25) is 0 Å². The Hall–Kier alpha value is -3.33. The summed E-state index contributed by atoms with van der Waals surface area (Å²) >= 11 is 0. The lowest BCUT2D eigenvalue weighted by Gasteiger charge is -2.05.